The van der Waals surface area contributed by atoms with Gasteiger partial charge in [0.05, 0.1) is 31.5 Å². The van der Waals surface area contributed by atoms with Crippen molar-refractivity contribution in [1.29, 1.82) is 0 Å². The molecule has 0 amide bonds. The van der Waals surface area contributed by atoms with Crippen molar-refractivity contribution in [3.8, 4) is 0 Å². The number of rotatable bonds is 13. The lowest BCUT2D eigenvalue weighted by Crippen LogP contribution is -2.49. The second-order valence-corrected chi connectivity index (χ2v) is 5.57. The van der Waals surface area contributed by atoms with E-state index in [1.165, 1.54) is 6.42 Å². The molecule has 0 bridgehead atoms. The Morgan fingerprint density at radius 2 is 1.95 bits per heavy atom. The zero-order chi connectivity index (χ0) is 14.7. The predicted octanol–water partition coefficient (Wildman–Crippen LogP) is 1.34. The number of hydrogen-bond acceptors (Lipinski definition) is 5. The van der Waals surface area contributed by atoms with Crippen LogP contribution in [-0.4, -0.2) is 63.4 Å². The van der Waals surface area contributed by atoms with Crippen LogP contribution < -0.4 is 5.32 Å². The first-order valence-corrected chi connectivity index (χ1v) is 7.82. The second kappa shape index (κ2) is 10.5. The molecule has 0 aromatic heterocycles. The summed E-state index contributed by atoms with van der Waals surface area (Å²) in [6.07, 6.45) is 5.22. The molecule has 20 heavy (non-hydrogen) atoms. The van der Waals surface area contributed by atoms with Gasteiger partial charge in [0, 0.05) is 26.8 Å². The van der Waals surface area contributed by atoms with E-state index in [1.54, 1.807) is 7.11 Å². The van der Waals surface area contributed by atoms with Gasteiger partial charge in [-0.05, 0) is 25.7 Å². The summed E-state index contributed by atoms with van der Waals surface area (Å²) in [6, 6.07) is 0. The van der Waals surface area contributed by atoms with Crippen molar-refractivity contribution >= 4 is 0 Å². The van der Waals surface area contributed by atoms with Crippen LogP contribution in [0.2, 0.25) is 0 Å². The van der Waals surface area contributed by atoms with Crippen LogP contribution in [0.25, 0.3) is 0 Å². The van der Waals surface area contributed by atoms with E-state index in [-0.39, 0.29) is 5.60 Å². The van der Waals surface area contributed by atoms with Crippen molar-refractivity contribution in [2.75, 3.05) is 46.6 Å². The fourth-order valence-electron chi connectivity index (χ4n) is 2.24. The Kier molecular flexibility index (Phi) is 9.39. The predicted molar refractivity (Wildman–Crippen MR) is 79.0 cm³/mol. The maximum absolute atomic E-state index is 9.78. The molecule has 0 radical (unpaired) electrons. The SMILES string of the molecule is CCCCOCCOCC(O)CNCC1(OC)CCC1. The minimum atomic E-state index is -0.473. The highest BCUT2D eigenvalue weighted by Crippen LogP contribution is 2.34. The van der Waals surface area contributed by atoms with Gasteiger partial charge in [-0.15, -0.1) is 0 Å². The van der Waals surface area contributed by atoms with Gasteiger partial charge >= 0.3 is 0 Å². The van der Waals surface area contributed by atoms with E-state index in [1.807, 2.05) is 0 Å². The number of ether oxygens (including phenoxy) is 3. The highest BCUT2D eigenvalue weighted by atomic mass is 16.5. The summed E-state index contributed by atoms with van der Waals surface area (Å²) in [4.78, 5) is 0. The van der Waals surface area contributed by atoms with Crippen LogP contribution in [0.1, 0.15) is 39.0 Å². The number of hydrogen-bond donors (Lipinski definition) is 2. The summed E-state index contributed by atoms with van der Waals surface area (Å²) in [7, 11) is 1.76. The molecular formula is C15H31NO4. The molecule has 0 saturated heterocycles. The highest BCUT2D eigenvalue weighted by molar-refractivity contribution is 4.91. The summed E-state index contributed by atoms with van der Waals surface area (Å²) in [5.74, 6) is 0. The lowest BCUT2D eigenvalue weighted by Gasteiger charge is -2.40. The molecule has 0 aromatic carbocycles. The molecule has 1 aliphatic carbocycles. The fraction of sp³-hybridized carbons (Fsp3) is 1.00. The molecule has 0 aliphatic heterocycles. The van der Waals surface area contributed by atoms with Crippen LogP contribution in [0.3, 0.4) is 0 Å². The van der Waals surface area contributed by atoms with E-state index in [2.05, 4.69) is 12.2 Å². The third-order valence-electron chi connectivity index (χ3n) is 3.85. The first-order chi connectivity index (χ1) is 9.72. The summed E-state index contributed by atoms with van der Waals surface area (Å²) in [5.41, 5.74) is 0.00763. The van der Waals surface area contributed by atoms with Crippen LogP contribution in [0.15, 0.2) is 0 Å². The molecule has 1 atom stereocenters. The number of nitrogens with one attached hydrogen (secondary N) is 1. The quantitative estimate of drug-likeness (QED) is 0.501. The standard InChI is InChI=1S/C15H31NO4/c1-3-4-8-19-9-10-20-12-14(17)11-16-13-15(18-2)6-5-7-15/h14,16-17H,3-13H2,1-2H3. The van der Waals surface area contributed by atoms with Gasteiger partial charge in [-0.1, -0.05) is 13.3 Å². The zero-order valence-corrected chi connectivity index (χ0v) is 13.0. The average molecular weight is 289 g/mol. The fourth-order valence-corrected chi connectivity index (χ4v) is 2.24. The molecule has 5 nitrogen and oxygen atoms in total. The summed E-state index contributed by atoms with van der Waals surface area (Å²) in [6.45, 7) is 5.78. The number of methoxy groups -OCH3 is 1. The molecule has 120 valence electrons. The van der Waals surface area contributed by atoms with Gasteiger partial charge < -0.3 is 24.6 Å². The van der Waals surface area contributed by atoms with Crippen molar-refractivity contribution in [3.05, 3.63) is 0 Å². The second-order valence-electron chi connectivity index (χ2n) is 5.57. The Morgan fingerprint density at radius 3 is 2.55 bits per heavy atom. The van der Waals surface area contributed by atoms with Gasteiger partial charge in [0.15, 0.2) is 0 Å². The monoisotopic (exact) mass is 289 g/mol. The van der Waals surface area contributed by atoms with Gasteiger partial charge in [0.25, 0.3) is 0 Å². The van der Waals surface area contributed by atoms with Gasteiger partial charge in [0.1, 0.15) is 0 Å². The Morgan fingerprint density at radius 1 is 1.20 bits per heavy atom. The van der Waals surface area contributed by atoms with E-state index in [4.69, 9.17) is 14.2 Å². The van der Waals surface area contributed by atoms with Gasteiger partial charge in [-0.3, -0.25) is 0 Å². The molecule has 1 fully saturated rings. The number of aliphatic hydroxyl groups is 1. The first-order valence-electron chi connectivity index (χ1n) is 7.82. The van der Waals surface area contributed by atoms with Gasteiger partial charge in [0.2, 0.25) is 0 Å². The highest BCUT2D eigenvalue weighted by Gasteiger charge is 2.36. The van der Waals surface area contributed by atoms with Crippen molar-refractivity contribution < 1.29 is 19.3 Å². The van der Waals surface area contributed by atoms with Crippen LogP contribution in [0.5, 0.6) is 0 Å². The largest absolute Gasteiger partial charge is 0.389 e. The summed E-state index contributed by atoms with van der Waals surface area (Å²) < 4.78 is 16.3. The molecule has 2 N–H and O–H groups in total. The lowest BCUT2D eigenvalue weighted by atomic mass is 9.80. The molecule has 0 heterocycles. The van der Waals surface area contributed by atoms with Gasteiger partial charge in [-0.25, -0.2) is 0 Å². The third-order valence-corrected chi connectivity index (χ3v) is 3.85. The topological polar surface area (TPSA) is 60.0 Å². The smallest absolute Gasteiger partial charge is 0.0897 e. The lowest BCUT2D eigenvalue weighted by molar-refractivity contribution is -0.0714. The first kappa shape index (κ1) is 17.9. The third kappa shape index (κ3) is 6.99. The normalized spacial score (nSPS) is 18.8. The van der Waals surface area contributed by atoms with E-state index in [0.717, 1.165) is 38.8 Å². The van der Waals surface area contributed by atoms with E-state index < -0.39 is 6.10 Å². The molecule has 1 aliphatic rings. The molecule has 0 spiro atoms. The number of unbranched alkanes of at least 4 members (excludes halogenated alkanes) is 1. The summed E-state index contributed by atoms with van der Waals surface area (Å²) in [5, 5.41) is 13.0. The molecule has 1 unspecified atom stereocenters. The molecule has 1 saturated carbocycles. The van der Waals surface area contributed by atoms with Crippen LogP contribution in [0.4, 0.5) is 0 Å². The maximum atomic E-state index is 9.78. The molecule has 1 rings (SSSR count). The number of aliphatic hydroxyl groups excluding tert-OH is 1. The van der Waals surface area contributed by atoms with Crippen LogP contribution in [-0.2, 0) is 14.2 Å². The molecule has 5 heteroatoms. The molecular weight excluding hydrogens is 258 g/mol. The van der Waals surface area contributed by atoms with Crippen molar-refractivity contribution in [2.45, 2.75) is 50.7 Å². The molecule has 0 aromatic rings. The Balaban J connectivity index is 1.89. The van der Waals surface area contributed by atoms with Crippen LogP contribution >= 0.6 is 0 Å². The van der Waals surface area contributed by atoms with Crippen molar-refractivity contribution in [3.63, 3.8) is 0 Å². The maximum Gasteiger partial charge on any atom is 0.0897 e. The van der Waals surface area contributed by atoms with E-state index in [9.17, 15) is 5.11 Å². The zero-order valence-electron chi connectivity index (χ0n) is 13.0. The van der Waals surface area contributed by atoms with Crippen molar-refractivity contribution in [1.82, 2.24) is 5.32 Å². The minimum Gasteiger partial charge on any atom is -0.389 e. The van der Waals surface area contributed by atoms with Crippen molar-refractivity contribution in [2.24, 2.45) is 0 Å². The summed E-state index contributed by atoms with van der Waals surface area (Å²) >= 11 is 0. The minimum absolute atomic E-state index is 0.00763. The Bertz CT molecular complexity index is 228. The average Bonchev–Trinajstić information content (AvgIpc) is 2.41. The van der Waals surface area contributed by atoms with E-state index >= 15 is 0 Å². The van der Waals surface area contributed by atoms with Gasteiger partial charge in [-0.2, -0.15) is 0 Å². The van der Waals surface area contributed by atoms with Crippen LogP contribution in [0, 0.1) is 0 Å². The van der Waals surface area contributed by atoms with E-state index in [0.29, 0.717) is 26.4 Å². The Hall–Kier alpha value is -0.200. The Labute approximate surface area is 123 Å².